The average molecular weight is 452 g/mol. The van der Waals surface area contributed by atoms with E-state index >= 15 is 0 Å². The van der Waals surface area contributed by atoms with E-state index in [1.807, 2.05) is 25.1 Å². The van der Waals surface area contributed by atoms with Crippen LogP contribution < -0.4 is 10.3 Å². The number of ether oxygens (including phenoxy) is 1. The Morgan fingerprint density at radius 2 is 2.03 bits per heavy atom. The Balaban J connectivity index is 1.48. The van der Waals surface area contributed by atoms with Gasteiger partial charge >= 0.3 is 6.09 Å². The number of thiazole rings is 1. The van der Waals surface area contributed by atoms with Crippen molar-refractivity contribution in [3.8, 4) is 17.5 Å². The summed E-state index contributed by atoms with van der Waals surface area (Å²) in [7, 11) is 1.59. The lowest BCUT2D eigenvalue weighted by Crippen LogP contribution is -2.33. The molecule has 0 bridgehead atoms. The Morgan fingerprint density at radius 3 is 2.78 bits per heavy atom. The van der Waals surface area contributed by atoms with Gasteiger partial charge in [0.15, 0.2) is 16.2 Å². The van der Waals surface area contributed by atoms with Gasteiger partial charge in [-0.15, -0.1) is 0 Å². The Kier molecular flexibility index (Phi) is 4.97. The van der Waals surface area contributed by atoms with Crippen LogP contribution in [0.3, 0.4) is 0 Å². The molecule has 4 heterocycles. The number of likely N-dealkylation sites (tertiary alicyclic amines) is 1. The minimum atomic E-state index is -0.427. The molecular formula is C21H20N6O4S. The fraction of sp³-hybridized carbons (Fsp3) is 0.333. The van der Waals surface area contributed by atoms with E-state index in [0.29, 0.717) is 28.0 Å². The zero-order valence-electron chi connectivity index (χ0n) is 17.7. The molecule has 0 spiro atoms. The maximum Gasteiger partial charge on any atom is 0.415 e. The normalized spacial score (nSPS) is 16.1. The Hall–Kier alpha value is -3.60. The zero-order chi connectivity index (χ0) is 22.4. The first-order valence-electron chi connectivity index (χ1n) is 10.1. The number of carbonyl (C=O) groups is 1. The first kappa shape index (κ1) is 20.3. The van der Waals surface area contributed by atoms with Crippen LogP contribution in [0.1, 0.15) is 35.3 Å². The minimum Gasteiger partial charge on any atom is -0.410 e. The van der Waals surface area contributed by atoms with E-state index < -0.39 is 6.09 Å². The predicted molar refractivity (Wildman–Crippen MR) is 117 cm³/mol. The number of hydrogen-bond donors (Lipinski definition) is 0. The topological polar surface area (TPSA) is 116 Å². The van der Waals surface area contributed by atoms with E-state index in [0.717, 1.165) is 18.4 Å². The summed E-state index contributed by atoms with van der Waals surface area (Å²) < 4.78 is 12.2. The molecule has 1 amide bonds. The number of benzene rings is 1. The molecule has 1 unspecified atom stereocenters. The van der Waals surface area contributed by atoms with Crippen molar-refractivity contribution in [3.63, 3.8) is 0 Å². The van der Waals surface area contributed by atoms with Crippen LogP contribution in [0, 0.1) is 13.8 Å². The van der Waals surface area contributed by atoms with Crippen LogP contribution in [0.5, 0.6) is 5.75 Å². The number of carbonyl (C=O) groups excluding carboxylic acids is 1. The molecule has 0 aliphatic carbocycles. The van der Waals surface area contributed by atoms with E-state index in [1.165, 1.54) is 15.9 Å². The lowest BCUT2D eigenvalue weighted by Gasteiger charge is -2.22. The Morgan fingerprint density at radius 1 is 1.22 bits per heavy atom. The van der Waals surface area contributed by atoms with E-state index in [2.05, 4.69) is 20.1 Å². The second kappa shape index (κ2) is 7.83. The summed E-state index contributed by atoms with van der Waals surface area (Å²) in [6.45, 7) is 4.14. The van der Waals surface area contributed by atoms with Crippen molar-refractivity contribution in [1.82, 2.24) is 29.6 Å². The summed E-state index contributed by atoms with van der Waals surface area (Å²) in [4.78, 5) is 41.2. The molecule has 0 saturated carbocycles. The van der Waals surface area contributed by atoms with Crippen LogP contribution in [0.25, 0.3) is 22.1 Å². The van der Waals surface area contributed by atoms with Crippen molar-refractivity contribution in [2.75, 3.05) is 6.54 Å². The van der Waals surface area contributed by atoms with Crippen molar-refractivity contribution in [3.05, 3.63) is 51.0 Å². The highest BCUT2D eigenvalue weighted by Crippen LogP contribution is 2.36. The van der Waals surface area contributed by atoms with Crippen molar-refractivity contribution < 1.29 is 14.1 Å². The van der Waals surface area contributed by atoms with E-state index in [1.54, 1.807) is 24.9 Å². The molecule has 1 fully saturated rings. The van der Waals surface area contributed by atoms with Gasteiger partial charge in [-0.3, -0.25) is 14.3 Å². The van der Waals surface area contributed by atoms with Gasteiger partial charge in [0.2, 0.25) is 5.82 Å². The number of para-hydroxylation sites is 1. The SMILES string of the molecule is Cc1noc(-c2nc3sc(C4CCCN4C(=O)Oc4ccccc4C)nc3c(=O)n2C)n1. The molecule has 0 N–H and O–H groups in total. The van der Waals surface area contributed by atoms with Crippen LogP contribution in [0.15, 0.2) is 33.6 Å². The molecule has 32 heavy (non-hydrogen) atoms. The molecular weight excluding hydrogens is 432 g/mol. The van der Waals surface area contributed by atoms with Crippen LogP contribution in [-0.4, -0.2) is 42.2 Å². The first-order valence-corrected chi connectivity index (χ1v) is 11.0. The van der Waals surface area contributed by atoms with Crippen molar-refractivity contribution in [2.45, 2.75) is 32.7 Å². The summed E-state index contributed by atoms with van der Waals surface area (Å²) >= 11 is 1.29. The number of hydrogen-bond acceptors (Lipinski definition) is 9. The standard InChI is InChI=1S/C21H20N6O4S/c1-11-7-4-5-9-14(11)30-21(29)27-10-6-8-13(27)18-23-15-19(32-18)24-16(26(3)20(15)28)17-22-12(2)25-31-17/h4-5,7,9,13H,6,8,10H2,1-3H3. The second-order valence-electron chi connectivity index (χ2n) is 7.64. The fourth-order valence-electron chi connectivity index (χ4n) is 3.76. The molecule has 10 nitrogen and oxygen atoms in total. The first-order chi connectivity index (χ1) is 15.4. The van der Waals surface area contributed by atoms with Crippen molar-refractivity contribution in [2.24, 2.45) is 7.05 Å². The monoisotopic (exact) mass is 452 g/mol. The maximum atomic E-state index is 12.9. The van der Waals surface area contributed by atoms with Gasteiger partial charge < -0.3 is 9.26 Å². The largest absolute Gasteiger partial charge is 0.415 e. The molecule has 1 aliphatic rings. The molecule has 1 atom stereocenters. The third-order valence-corrected chi connectivity index (χ3v) is 6.49. The van der Waals surface area contributed by atoms with E-state index in [-0.39, 0.29) is 28.8 Å². The van der Waals surface area contributed by atoms with Crippen LogP contribution >= 0.6 is 11.3 Å². The molecule has 1 aliphatic heterocycles. The highest BCUT2D eigenvalue weighted by Gasteiger charge is 2.34. The van der Waals surface area contributed by atoms with Gasteiger partial charge in [-0.25, -0.2) is 14.8 Å². The number of rotatable bonds is 3. The maximum absolute atomic E-state index is 12.9. The molecule has 5 rings (SSSR count). The van der Waals surface area contributed by atoms with E-state index in [9.17, 15) is 9.59 Å². The number of aryl methyl sites for hydroxylation is 2. The number of aromatic nitrogens is 5. The highest BCUT2D eigenvalue weighted by molar-refractivity contribution is 7.18. The third-order valence-electron chi connectivity index (χ3n) is 5.44. The predicted octanol–water partition coefficient (Wildman–Crippen LogP) is 3.39. The third kappa shape index (κ3) is 3.44. The average Bonchev–Trinajstić information content (AvgIpc) is 3.51. The minimum absolute atomic E-state index is 0.170. The van der Waals surface area contributed by atoms with Crippen LogP contribution in [0.4, 0.5) is 4.79 Å². The lowest BCUT2D eigenvalue weighted by molar-refractivity contribution is 0.147. The van der Waals surface area contributed by atoms with Crippen LogP contribution in [0.2, 0.25) is 0 Å². The molecule has 1 saturated heterocycles. The Labute approximate surface area is 186 Å². The van der Waals surface area contributed by atoms with Gasteiger partial charge in [-0.05, 0) is 38.3 Å². The molecule has 164 valence electrons. The fourth-order valence-corrected chi connectivity index (χ4v) is 4.83. The quantitative estimate of drug-likeness (QED) is 0.464. The highest BCUT2D eigenvalue weighted by atomic mass is 32.1. The van der Waals surface area contributed by atoms with Gasteiger partial charge in [-0.2, -0.15) is 4.98 Å². The van der Waals surface area contributed by atoms with Gasteiger partial charge in [0.05, 0.1) is 6.04 Å². The number of amides is 1. The number of nitrogens with zero attached hydrogens (tertiary/aromatic N) is 6. The van der Waals surface area contributed by atoms with E-state index in [4.69, 9.17) is 9.26 Å². The summed E-state index contributed by atoms with van der Waals surface area (Å²) in [5.41, 5.74) is 0.829. The van der Waals surface area contributed by atoms with Gasteiger partial charge in [0, 0.05) is 13.6 Å². The molecule has 0 radical (unpaired) electrons. The molecule has 1 aromatic carbocycles. The molecule has 4 aromatic rings. The number of fused-ring (bicyclic) bond motifs is 1. The zero-order valence-corrected chi connectivity index (χ0v) is 18.5. The van der Waals surface area contributed by atoms with Gasteiger partial charge in [0.1, 0.15) is 10.8 Å². The van der Waals surface area contributed by atoms with Gasteiger partial charge in [0.25, 0.3) is 11.4 Å². The molecule has 11 heteroatoms. The lowest BCUT2D eigenvalue weighted by atomic mass is 10.2. The second-order valence-corrected chi connectivity index (χ2v) is 8.65. The Bertz CT molecular complexity index is 1390. The molecule has 3 aromatic heterocycles. The van der Waals surface area contributed by atoms with Gasteiger partial charge in [-0.1, -0.05) is 34.7 Å². The van der Waals surface area contributed by atoms with Crippen molar-refractivity contribution >= 4 is 27.8 Å². The van der Waals surface area contributed by atoms with Crippen LogP contribution in [-0.2, 0) is 7.05 Å². The summed E-state index contributed by atoms with van der Waals surface area (Å²) in [5, 5.41) is 4.43. The summed E-state index contributed by atoms with van der Waals surface area (Å²) in [5.74, 6) is 1.43. The smallest absolute Gasteiger partial charge is 0.410 e. The summed E-state index contributed by atoms with van der Waals surface area (Å²) in [6.07, 6.45) is 1.13. The van der Waals surface area contributed by atoms with Crippen molar-refractivity contribution in [1.29, 1.82) is 0 Å². The summed E-state index contributed by atoms with van der Waals surface area (Å²) in [6, 6.07) is 7.11.